The number of hydrogen-bond acceptors (Lipinski definition) is 4. The van der Waals surface area contributed by atoms with E-state index in [9.17, 15) is 4.79 Å². The minimum absolute atomic E-state index is 0.194. The molecule has 0 spiro atoms. The molecule has 104 valence electrons. The predicted molar refractivity (Wildman–Crippen MR) is 85.9 cm³/mol. The Morgan fingerprint density at radius 2 is 2.15 bits per heavy atom. The lowest BCUT2D eigenvalue weighted by molar-refractivity contribution is -0.118. The third kappa shape index (κ3) is 3.85. The number of aromatic nitrogens is 1. The lowest BCUT2D eigenvalue weighted by Crippen LogP contribution is -2.34. The highest BCUT2D eigenvalue weighted by Crippen LogP contribution is 2.17. The maximum atomic E-state index is 12.3. The van der Waals surface area contributed by atoms with Gasteiger partial charge >= 0.3 is 0 Å². The molecule has 1 aromatic heterocycles. The van der Waals surface area contributed by atoms with Gasteiger partial charge in [0.15, 0.2) is 5.13 Å². The number of rotatable bonds is 5. The van der Waals surface area contributed by atoms with Gasteiger partial charge in [-0.1, -0.05) is 42.5 Å². The molecule has 6 heteroatoms. The fourth-order valence-corrected chi connectivity index (χ4v) is 2.66. The van der Waals surface area contributed by atoms with E-state index in [0.717, 1.165) is 11.3 Å². The van der Waals surface area contributed by atoms with E-state index in [0.29, 0.717) is 11.6 Å². The van der Waals surface area contributed by atoms with Gasteiger partial charge in [0.25, 0.3) is 0 Å². The summed E-state index contributed by atoms with van der Waals surface area (Å²) >= 11 is 6.40. The Hall–Kier alpha value is -1.79. The second-order valence-corrected chi connectivity index (χ2v) is 5.76. The highest BCUT2D eigenvalue weighted by molar-refractivity contribution is 7.80. The number of thiocarbonyl (C=S) groups is 1. The summed E-state index contributed by atoms with van der Waals surface area (Å²) in [7, 11) is 0. The summed E-state index contributed by atoms with van der Waals surface area (Å²) in [6.07, 6.45) is 0.492. The number of carbonyl (C=O) groups is 1. The van der Waals surface area contributed by atoms with Gasteiger partial charge in [0, 0.05) is 5.38 Å². The zero-order valence-corrected chi connectivity index (χ0v) is 12.6. The number of thiazole rings is 1. The fourth-order valence-electron chi connectivity index (χ4n) is 1.78. The molecule has 4 nitrogen and oxygen atoms in total. The smallest absolute Gasteiger partial charge is 0.236 e. The van der Waals surface area contributed by atoms with E-state index in [-0.39, 0.29) is 10.9 Å². The number of nitrogens with zero attached hydrogens (tertiary/aromatic N) is 1. The summed E-state index contributed by atoms with van der Waals surface area (Å²) in [6.45, 7) is 1.88. The monoisotopic (exact) mass is 305 g/mol. The molecule has 0 bridgehead atoms. The SMILES string of the molecule is Cc1csc(NC(=O)C(Cc2ccccc2)C(N)=S)n1. The first-order valence-corrected chi connectivity index (χ1v) is 7.41. The van der Waals surface area contributed by atoms with E-state index in [1.165, 1.54) is 11.3 Å². The number of carbonyl (C=O) groups excluding carboxylic acids is 1. The molecule has 0 aliphatic carbocycles. The number of benzene rings is 1. The van der Waals surface area contributed by atoms with Crippen molar-refractivity contribution in [1.82, 2.24) is 4.98 Å². The Balaban J connectivity index is 2.08. The number of nitrogens with one attached hydrogen (secondary N) is 1. The number of hydrogen-bond donors (Lipinski definition) is 2. The summed E-state index contributed by atoms with van der Waals surface area (Å²) in [6, 6.07) is 9.68. The second-order valence-electron chi connectivity index (χ2n) is 4.43. The summed E-state index contributed by atoms with van der Waals surface area (Å²) in [5.74, 6) is -0.743. The van der Waals surface area contributed by atoms with Crippen LogP contribution in [0.4, 0.5) is 5.13 Å². The van der Waals surface area contributed by atoms with Crippen molar-refractivity contribution in [3.05, 3.63) is 47.0 Å². The number of nitrogens with two attached hydrogens (primary N) is 1. The third-order valence-electron chi connectivity index (χ3n) is 2.79. The molecule has 1 unspecified atom stereocenters. The van der Waals surface area contributed by atoms with E-state index < -0.39 is 5.92 Å². The highest BCUT2D eigenvalue weighted by Gasteiger charge is 2.22. The van der Waals surface area contributed by atoms with Crippen LogP contribution in [-0.2, 0) is 11.2 Å². The van der Waals surface area contributed by atoms with Crippen LogP contribution in [0, 0.1) is 12.8 Å². The van der Waals surface area contributed by atoms with Crippen LogP contribution in [-0.4, -0.2) is 15.9 Å². The molecule has 0 aliphatic rings. The van der Waals surface area contributed by atoms with Crippen molar-refractivity contribution in [1.29, 1.82) is 0 Å². The minimum Gasteiger partial charge on any atom is -0.393 e. The number of amides is 1. The Labute approximate surface area is 127 Å². The molecule has 3 N–H and O–H groups in total. The first kappa shape index (κ1) is 14.6. The number of aryl methyl sites for hydroxylation is 1. The Morgan fingerprint density at radius 1 is 1.45 bits per heavy atom. The van der Waals surface area contributed by atoms with E-state index in [2.05, 4.69) is 10.3 Å². The van der Waals surface area contributed by atoms with E-state index in [1.54, 1.807) is 0 Å². The number of anilines is 1. The minimum atomic E-state index is -0.531. The lowest BCUT2D eigenvalue weighted by atomic mass is 9.98. The van der Waals surface area contributed by atoms with Crippen molar-refractivity contribution in [2.24, 2.45) is 11.7 Å². The van der Waals surface area contributed by atoms with Crippen LogP contribution in [0.25, 0.3) is 0 Å². The van der Waals surface area contributed by atoms with Crippen LogP contribution < -0.4 is 11.1 Å². The van der Waals surface area contributed by atoms with Crippen molar-refractivity contribution < 1.29 is 4.79 Å². The molecule has 1 aromatic carbocycles. The van der Waals surface area contributed by atoms with Gasteiger partial charge in [-0.3, -0.25) is 4.79 Å². The van der Waals surface area contributed by atoms with Crippen LogP contribution in [0.1, 0.15) is 11.3 Å². The van der Waals surface area contributed by atoms with E-state index in [1.807, 2.05) is 42.6 Å². The molecule has 0 radical (unpaired) electrons. The molecule has 0 fully saturated rings. The van der Waals surface area contributed by atoms with Crippen LogP contribution in [0.5, 0.6) is 0 Å². The summed E-state index contributed by atoms with van der Waals surface area (Å²) in [4.78, 5) is 16.7. The second kappa shape index (κ2) is 6.58. The molecule has 0 saturated heterocycles. The maximum absolute atomic E-state index is 12.3. The van der Waals surface area contributed by atoms with Gasteiger partial charge in [0.05, 0.1) is 16.6 Å². The highest BCUT2D eigenvalue weighted by atomic mass is 32.1. The van der Waals surface area contributed by atoms with Crippen molar-refractivity contribution in [2.75, 3.05) is 5.32 Å². The van der Waals surface area contributed by atoms with Gasteiger partial charge in [-0.25, -0.2) is 4.98 Å². The normalized spacial score (nSPS) is 11.8. The first-order valence-electron chi connectivity index (χ1n) is 6.12. The zero-order valence-electron chi connectivity index (χ0n) is 11.0. The van der Waals surface area contributed by atoms with Crippen LogP contribution >= 0.6 is 23.6 Å². The van der Waals surface area contributed by atoms with Gasteiger partial charge < -0.3 is 11.1 Å². The molecule has 0 saturated carbocycles. The summed E-state index contributed by atoms with van der Waals surface area (Å²) in [5.41, 5.74) is 7.60. The standard InChI is InChI=1S/C14H15N3OS2/c1-9-8-20-14(16-9)17-13(18)11(12(15)19)7-10-5-3-2-4-6-10/h2-6,8,11H,7H2,1H3,(H2,15,19)(H,16,17,18). The topological polar surface area (TPSA) is 68.0 Å². The quantitative estimate of drug-likeness (QED) is 0.833. The fraction of sp³-hybridized carbons (Fsp3) is 0.214. The van der Waals surface area contributed by atoms with Gasteiger partial charge in [-0.2, -0.15) is 0 Å². The predicted octanol–water partition coefficient (Wildman–Crippen LogP) is 2.54. The molecule has 2 aromatic rings. The maximum Gasteiger partial charge on any atom is 0.236 e. The largest absolute Gasteiger partial charge is 0.393 e. The van der Waals surface area contributed by atoms with Crippen molar-refractivity contribution in [3.8, 4) is 0 Å². The molecular weight excluding hydrogens is 290 g/mol. The van der Waals surface area contributed by atoms with Crippen LogP contribution in [0.3, 0.4) is 0 Å². The molecule has 20 heavy (non-hydrogen) atoms. The first-order chi connectivity index (χ1) is 9.56. The molecule has 2 rings (SSSR count). The Kier molecular flexibility index (Phi) is 4.81. The van der Waals surface area contributed by atoms with Crippen molar-refractivity contribution in [2.45, 2.75) is 13.3 Å². The van der Waals surface area contributed by atoms with Crippen molar-refractivity contribution >= 4 is 39.6 Å². The molecular formula is C14H15N3OS2. The molecule has 0 aliphatic heterocycles. The lowest BCUT2D eigenvalue weighted by Gasteiger charge is -2.14. The van der Waals surface area contributed by atoms with Gasteiger partial charge in [-0.05, 0) is 18.9 Å². The van der Waals surface area contributed by atoms with Crippen LogP contribution in [0.15, 0.2) is 35.7 Å². The Bertz CT molecular complexity index is 610. The van der Waals surface area contributed by atoms with Crippen molar-refractivity contribution in [3.63, 3.8) is 0 Å². The average Bonchev–Trinajstić information content (AvgIpc) is 2.82. The average molecular weight is 305 g/mol. The molecule has 1 atom stereocenters. The van der Waals surface area contributed by atoms with E-state index in [4.69, 9.17) is 18.0 Å². The summed E-state index contributed by atoms with van der Waals surface area (Å²) in [5, 5.41) is 5.21. The zero-order chi connectivity index (χ0) is 14.5. The van der Waals surface area contributed by atoms with Gasteiger partial charge in [0.1, 0.15) is 0 Å². The third-order valence-corrected chi connectivity index (χ3v) is 3.95. The Morgan fingerprint density at radius 3 is 2.70 bits per heavy atom. The van der Waals surface area contributed by atoms with E-state index >= 15 is 0 Å². The molecule has 1 heterocycles. The van der Waals surface area contributed by atoms with Gasteiger partial charge in [0.2, 0.25) is 5.91 Å². The van der Waals surface area contributed by atoms with Crippen LogP contribution in [0.2, 0.25) is 0 Å². The summed E-state index contributed by atoms with van der Waals surface area (Å²) < 4.78 is 0. The molecule has 1 amide bonds. The van der Waals surface area contributed by atoms with Gasteiger partial charge in [-0.15, -0.1) is 11.3 Å².